The van der Waals surface area contributed by atoms with Gasteiger partial charge in [-0.1, -0.05) is 36.7 Å². The highest BCUT2D eigenvalue weighted by atomic mass is 35.5. The molecule has 1 heterocycles. The van der Waals surface area contributed by atoms with Gasteiger partial charge in [0.05, 0.1) is 16.3 Å². The quantitative estimate of drug-likeness (QED) is 0.696. The van der Waals surface area contributed by atoms with Crippen molar-refractivity contribution in [3.05, 3.63) is 59.4 Å². The van der Waals surface area contributed by atoms with Crippen molar-refractivity contribution in [3.63, 3.8) is 0 Å². The maximum absolute atomic E-state index is 12.4. The van der Waals surface area contributed by atoms with Gasteiger partial charge in [-0.25, -0.2) is 9.78 Å². The van der Waals surface area contributed by atoms with Gasteiger partial charge in [0.25, 0.3) is 5.91 Å². The van der Waals surface area contributed by atoms with Gasteiger partial charge in [0.2, 0.25) is 0 Å². The van der Waals surface area contributed by atoms with Crippen molar-refractivity contribution >= 4 is 40.3 Å². The van der Waals surface area contributed by atoms with Crippen molar-refractivity contribution in [2.45, 2.75) is 19.4 Å². The van der Waals surface area contributed by atoms with Crippen LogP contribution >= 0.6 is 11.6 Å². The number of anilines is 1. The highest BCUT2D eigenvalue weighted by Crippen LogP contribution is 2.22. The molecule has 128 valence electrons. The molecule has 1 atom stereocenters. The van der Waals surface area contributed by atoms with Crippen LogP contribution in [0.5, 0.6) is 0 Å². The van der Waals surface area contributed by atoms with E-state index in [9.17, 15) is 9.59 Å². The zero-order chi connectivity index (χ0) is 17.8. The first kappa shape index (κ1) is 17.0. The number of carbonyl (C=O) groups is 2. The van der Waals surface area contributed by atoms with Crippen LogP contribution in [0.1, 0.15) is 23.7 Å². The fourth-order valence-electron chi connectivity index (χ4n) is 2.34. The number of rotatable bonds is 5. The Balaban J connectivity index is 1.75. The van der Waals surface area contributed by atoms with Gasteiger partial charge in [0, 0.05) is 0 Å². The molecule has 0 bridgehead atoms. The minimum atomic E-state index is -0.953. The van der Waals surface area contributed by atoms with E-state index in [1.807, 2.05) is 0 Å². The van der Waals surface area contributed by atoms with Crippen LogP contribution in [-0.4, -0.2) is 23.0 Å². The second kappa shape index (κ2) is 7.36. The molecule has 1 amide bonds. The molecule has 7 heteroatoms. The lowest BCUT2D eigenvalue weighted by molar-refractivity contribution is -0.124. The predicted octanol–water partition coefficient (Wildman–Crippen LogP) is 4.06. The lowest BCUT2D eigenvalue weighted by atomic mass is 10.2. The molecule has 3 rings (SSSR count). The first-order chi connectivity index (χ1) is 12.1. The Morgan fingerprint density at radius 1 is 1.24 bits per heavy atom. The third-order valence-corrected chi connectivity index (χ3v) is 3.95. The molecular weight excluding hydrogens is 344 g/mol. The van der Waals surface area contributed by atoms with E-state index in [1.54, 1.807) is 49.4 Å². The molecule has 3 aromatic rings. The minimum absolute atomic E-state index is 0.246. The number of halogens is 1. The average molecular weight is 359 g/mol. The van der Waals surface area contributed by atoms with Crippen LogP contribution in [0.2, 0.25) is 5.02 Å². The zero-order valence-corrected chi connectivity index (χ0v) is 14.1. The number of para-hydroxylation sites is 2. The highest BCUT2D eigenvalue weighted by Gasteiger charge is 2.24. The molecule has 25 heavy (non-hydrogen) atoms. The number of esters is 1. The second-order valence-corrected chi connectivity index (χ2v) is 5.68. The summed E-state index contributed by atoms with van der Waals surface area (Å²) >= 11 is 6.03. The van der Waals surface area contributed by atoms with Crippen molar-refractivity contribution in [1.29, 1.82) is 0 Å². The summed E-state index contributed by atoms with van der Waals surface area (Å²) in [6, 6.07) is 11.8. The van der Waals surface area contributed by atoms with Crippen molar-refractivity contribution in [2.75, 3.05) is 5.32 Å². The van der Waals surface area contributed by atoms with E-state index < -0.39 is 18.0 Å². The smallest absolute Gasteiger partial charge is 0.341 e. The summed E-state index contributed by atoms with van der Waals surface area (Å²) < 4.78 is 10.5. The van der Waals surface area contributed by atoms with Crippen LogP contribution in [0.25, 0.3) is 11.1 Å². The van der Waals surface area contributed by atoms with Crippen LogP contribution in [0, 0.1) is 0 Å². The molecule has 0 saturated heterocycles. The fraction of sp³-hybridized carbons (Fsp3) is 0.167. The number of benzene rings is 2. The maximum atomic E-state index is 12.4. The Kier molecular flexibility index (Phi) is 5.00. The summed E-state index contributed by atoms with van der Waals surface area (Å²) in [5, 5.41) is 3.07. The monoisotopic (exact) mass is 358 g/mol. The Hall–Kier alpha value is -2.86. The molecule has 0 fully saturated rings. The van der Waals surface area contributed by atoms with E-state index in [0.717, 1.165) is 0 Å². The van der Waals surface area contributed by atoms with E-state index in [4.69, 9.17) is 20.8 Å². The summed E-state index contributed by atoms with van der Waals surface area (Å²) in [7, 11) is 0. The summed E-state index contributed by atoms with van der Waals surface area (Å²) in [6.45, 7) is 1.75. The fourth-order valence-corrected chi connectivity index (χ4v) is 2.52. The van der Waals surface area contributed by atoms with Crippen molar-refractivity contribution in [2.24, 2.45) is 0 Å². The highest BCUT2D eigenvalue weighted by molar-refractivity contribution is 6.33. The molecule has 2 aromatic carbocycles. The first-order valence-corrected chi connectivity index (χ1v) is 8.06. The number of aromatic nitrogens is 1. The number of nitrogens with zero attached hydrogens (tertiary/aromatic N) is 1. The molecule has 0 aliphatic rings. The van der Waals surface area contributed by atoms with E-state index in [2.05, 4.69) is 10.3 Å². The van der Waals surface area contributed by atoms with Crippen molar-refractivity contribution in [1.82, 2.24) is 4.98 Å². The summed E-state index contributed by atoms with van der Waals surface area (Å²) in [5.74, 6) is -1.09. The topological polar surface area (TPSA) is 81.4 Å². The number of hydrogen-bond donors (Lipinski definition) is 1. The van der Waals surface area contributed by atoms with Crippen LogP contribution in [0.4, 0.5) is 5.69 Å². The SMILES string of the molecule is CCC(OC(=O)c1cccc2ocnc12)C(=O)Nc1ccccc1Cl. The van der Waals surface area contributed by atoms with E-state index in [1.165, 1.54) is 6.39 Å². The largest absolute Gasteiger partial charge is 0.449 e. The molecule has 0 aliphatic carbocycles. The predicted molar refractivity (Wildman–Crippen MR) is 93.6 cm³/mol. The number of carbonyl (C=O) groups excluding carboxylic acids is 2. The third kappa shape index (κ3) is 3.64. The lowest BCUT2D eigenvalue weighted by Crippen LogP contribution is -2.32. The van der Waals surface area contributed by atoms with Gasteiger partial charge in [0.15, 0.2) is 18.1 Å². The average Bonchev–Trinajstić information content (AvgIpc) is 3.10. The van der Waals surface area contributed by atoms with Gasteiger partial charge in [-0.2, -0.15) is 0 Å². The van der Waals surface area contributed by atoms with Gasteiger partial charge in [-0.15, -0.1) is 0 Å². The van der Waals surface area contributed by atoms with Gasteiger partial charge >= 0.3 is 5.97 Å². The Morgan fingerprint density at radius 2 is 2.04 bits per heavy atom. The van der Waals surface area contributed by atoms with Crippen LogP contribution in [0.15, 0.2) is 53.3 Å². The number of amides is 1. The van der Waals surface area contributed by atoms with Crippen LogP contribution < -0.4 is 5.32 Å². The normalized spacial score (nSPS) is 11.9. The second-order valence-electron chi connectivity index (χ2n) is 5.28. The number of nitrogens with one attached hydrogen (secondary N) is 1. The number of fused-ring (bicyclic) bond motifs is 1. The number of oxazole rings is 1. The Labute approximate surface area is 148 Å². The summed E-state index contributed by atoms with van der Waals surface area (Å²) in [6.07, 6.45) is 0.616. The molecular formula is C18H15ClN2O4. The standard InChI is InChI=1S/C18H15ClN2O4/c1-2-14(17(22)21-13-8-4-3-7-12(13)19)25-18(23)11-6-5-9-15-16(11)20-10-24-15/h3-10,14H,2H2,1H3,(H,21,22). The molecule has 0 saturated carbocycles. The summed E-state index contributed by atoms with van der Waals surface area (Å²) in [4.78, 5) is 28.8. The molecule has 6 nitrogen and oxygen atoms in total. The molecule has 0 radical (unpaired) electrons. The van der Waals surface area contributed by atoms with E-state index in [0.29, 0.717) is 28.2 Å². The Morgan fingerprint density at radius 3 is 2.80 bits per heavy atom. The zero-order valence-electron chi connectivity index (χ0n) is 13.4. The molecule has 0 spiro atoms. The Bertz CT molecular complexity index is 922. The molecule has 1 N–H and O–H groups in total. The van der Waals surface area contributed by atoms with Gasteiger partial charge in [-0.3, -0.25) is 4.79 Å². The lowest BCUT2D eigenvalue weighted by Gasteiger charge is -2.16. The molecule has 0 aliphatic heterocycles. The third-order valence-electron chi connectivity index (χ3n) is 3.62. The number of ether oxygens (including phenoxy) is 1. The molecule has 1 aromatic heterocycles. The van der Waals surface area contributed by atoms with Gasteiger partial charge in [-0.05, 0) is 30.7 Å². The van der Waals surface area contributed by atoms with Crippen LogP contribution in [-0.2, 0) is 9.53 Å². The van der Waals surface area contributed by atoms with E-state index in [-0.39, 0.29) is 5.56 Å². The number of hydrogen-bond acceptors (Lipinski definition) is 5. The first-order valence-electron chi connectivity index (χ1n) is 7.68. The maximum Gasteiger partial charge on any atom is 0.341 e. The van der Waals surface area contributed by atoms with Crippen molar-refractivity contribution in [3.8, 4) is 0 Å². The molecule has 1 unspecified atom stereocenters. The summed E-state index contributed by atoms with van der Waals surface area (Å²) in [5.41, 5.74) is 1.58. The minimum Gasteiger partial charge on any atom is -0.449 e. The van der Waals surface area contributed by atoms with Gasteiger partial charge in [0.1, 0.15) is 5.52 Å². The van der Waals surface area contributed by atoms with Crippen LogP contribution in [0.3, 0.4) is 0 Å². The van der Waals surface area contributed by atoms with E-state index >= 15 is 0 Å². The van der Waals surface area contributed by atoms with Gasteiger partial charge < -0.3 is 14.5 Å². The van der Waals surface area contributed by atoms with Crippen molar-refractivity contribution < 1.29 is 18.7 Å².